The zero-order valence-electron chi connectivity index (χ0n) is 19.9. The smallest absolute Gasteiger partial charge is 0.410 e. The molecule has 1 aliphatic heterocycles. The van der Waals surface area contributed by atoms with Gasteiger partial charge in [-0.25, -0.2) is 4.79 Å². The number of benzene rings is 1. The van der Waals surface area contributed by atoms with Crippen molar-refractivity contribution < 1.29 is 19.1 Å². The molecule has 2 amide bonds. The maximum absolute atomic E-state index is 12.2. The molecule has 1 heterocycles. The molecule has 0 aliphatic carbocycles. The number of hydrogen-bond donors (Lipinski definition) is 4. The molecule has 32 heavy (non-hydrogen) atoms. The molecular formula is C22H38N6O4. The number of carbonyl (C=O) groups is 2. The fourth-order valence-corrected chi connectivity index (χ4v) is 3.29. The van der Waals surface area contributed by atoms with Crippen molar-refractivity contribution in [1.29, 1.82) is 0 Å². The van der Waals surface area contributed by atoms with Crippen LogP contribution >= 0.6 is 0 Å². The van der Waals surface area contributed by atoms with Crippen LogP contribution in [0.1, 0.15) is 44.5 Å². The number of rotatable bonds is 9. The van der Waals surface area contributed by atoms with Crippen LogP contribution in [-0.2, 0) is 4.74 Å². The molecule has 1 saturated heterocycles. The van der Waals surface area contributed by atoms with Gasteiger partial charge in [-0.1, -0.05) is 0 Å². The lowest BCUT2D eigenvalue weighted by Gasteiger charge is -2.35. The van der Waals surface area contributed by atoms with E-state index >= 15 is 0 Å². The van der Waals surface area contributed by atoms with Gasteiger partial charge < -0.3 is 36.5 Å². The van der Waals surface area contributed by atoms with Gasteiger partial charge in [0.05, 0.1) is 18.5 Å². The molecule has 1 atom stereocenters. The van der Waals surface area contributed by atoms with E-state index in [-0.39, 0.29) is 12.3 Å². The van der Waals surface area contributed by atoms with E-state index in [9.17, 15) is 9.59 Å². The van der Waals surface area contributed by atoms with Gasteiger partial charge in [-0.15, -0.1) is 0 Å². The van der Waals surface area contributed by atoms with Crippen molar-refractivity contribution in [2.45, 2.75) is 45.9 Å². The molecule has 0 radical (unpaired) electrons. The van der Waals surface area contributed by atoms with Crippen molar-refractivity contribution in [2.24, 2.45) is 5.73 Å². The molecule has 0 saturated carbocycles. The quantitative estimate of drug-likeness (QED) is 0.253. The van der Waals surface area contributed by atoms with Gasteiger partial charge in [0.1, 0.15) is 17.0 Å². The number of ether oxygens (including phenoxy) is 2. The van der Waals surface area contributed by atoms with E-state index in [1.165, 1.54) is 0 Å². The zero-order chi connectivity index (χ0) is 23.9. The van der Waals surface area contributed by atoms with Gasteiger partial charge >= 0.3 is 6.09 Å². The summed E-state index contributed by atoms with van der Waals surface area (Å²) in [5, 5.41) is 6.33. The molecule has 0 bridgehead atoms. The summed E-state index contributed by atoms with van der Waals surface area (Å²) in [7, 11) is 1.83. The number of anilines is 2. The van der Waals surface area contributed by atoms with Crippen molar-refractivity contribution in [3.05, 3.63) is 17.7 Å². The van der Waals surface area contributed by atoms with Gasteiger partial charge in [0.15, 0.2) is 0 Å². The fourth-order valence-electron chi connectivity index (χ4n) is 3.29. The van der Waals surface area contributed by atoms with Crippen molar-refractivity contribution in [3.8, 4) is 5.75 Å². The maximum Gasteiger partial charge on any atom is 0.410 e. The molecule has 0 spiro atoms. The van der Waals surface area contributed by atoms with Crippen LogP contribution in [0.5, 0.6) is 5.75 Å². The number of hydrogen-bond acceptors (Lipinski definition) is 8. The summed E-state index contributed by atoms with van der Waals surface area (Å²) in [5.74, 6) is -0.0618. The van der Waals surface area contributed by atoms with Gasteiger partial charge in [-0.3, -0.25) is 9.69 Å². The molecule has 10 nitrogen and oxygen atoms in total. The van der Waals surface area contributed by atoms with E-state index in [1.54, 1.807) is 17.0 Å². The van der Waals surface area contributed by atoms with Gasteiger partial charge in [-0.2, -0.15) is 0 Å². The molecular weight excluding hydrogens is 412 g/mol. The monoisotopic (exact) mass is 450 g/mol. The topological polar surface area (TPSA) is 135 Å². The maximum atomic E-state index is 12.2. The van der Waals surface area contributed by atoms with E-state index < -0.39 is 11.5 Å². The Morgan fingerprint density at radius 3 is 2.41 bits per heavy atom. The van der Waals surface area contributed by atoms with Crippen LogP contribution in [0.15, 0.2) is 12.1 Å². The highest BCUT2D eigenvalue weighted by atomic mass is 16.6. The van der Waals surface area contributed by atoms with Crippen LogP contribution in [-0.4, -0.2) is 79.9 Å². The van der Waals surface area contributed by atoms with Crippen LogP contribution in [0.3, 0.4) is 0 Å². The average Bonchev–Trinajstić information content (AvgIpc) is 2.72. The largest absolute Gasteiger partial charge is 0.491 e. The third kappa shape index (κ3) is 7.76. The lowest BCUT2D eigenvalue weighted by atomic mass is 10.1. The highest BCUT2D eigenvalue weighted by Crippen LogP contribution is 2.33. The van der Waals surface area contributed by atoms with Crippen LogP contribution in [0, 0.1) is 0 Å². The Morgan fingerprint density at radius 2 is 1.84 bits per heavy atom. The minimum atomic E-state index is -0.558. The summed E-state index contributed by atoms with van der Waals surface area (Å²) >= 11 is 0. The SMILES string of the molecule is CNC(C)Nc1c(N)cc(C(N)=O)cc1OCCCN1CCN(C(=O)OC(C)(C)C)CC1. The van der Waals surface area contributed by atoms with Crippen molar-refractivity contribution in [3.63, 3.8) is 0 Å². The predicted octanol–water partition coefficient (Wildman–Crippen LogP) is 1.67. The van der Waals surface area contributed by atoms with E-state index in [0.717, 1.165) is 26.1 Å². The number of primary amides is 1. The molecule has 10 heteroatoms. The number of nitrogens with two attached hydrogens (primary N) is 2. The Bertz CT molecular complexity index is 787. The predicted molar refractivity (Wildman–Crippen MR) is 126 cm³/mol. The Balaban J connectivity index is 1.86. The second-order valence-electron chi connectivity index (χ2n) is 8.97. The molecule has 1 aromatic carbocycles. The first-order chi connectivity index (χ1) is 15.0. The summed E-state index contributed by atoms with van der Waals surface area (Å²) in [6.07, 6.45) is 0.484. The Hall–Kier alpha value is -2.72. The standard InChI is InChI=1S/C22H38N6O4/c1-15(25-5)26-19-17(23)13-16(20(24)29)14-18(19)31-12-6-7-27-8-10-28(11-9-27)21(30)32-22(2,3)4/h13-15,25-26H,6-12,23H2,1-5H3,(H2,24,29). The molecule has 180 valence electrons. The third-order valence-corrected chi connectivity index (χ3v) is 5.11. The highest BCUT2D eigenvalue weighted by Gasteiger charge is 2.25. The molecule has 1 aromatic rings. The van der Waals surface area contributed by atoms with E-state index in [4.69, 9.17) is 20.9 Å². The fraction of sp³-hybridized carbons (Fsp3) is 0.636. The molecule has 0 aromatic heterocycles. The number of amides is 2. The summed E-state index contributed by atoms with van der Waals surface area (Å²) in [5.41, 5.74) is 12.4. The summed E-state index contributed by atoms with van der Waals surface area (Å²) in [6.45, 7) is 11.7. The second-order valence-corrected chi connectivity index (χ2v) is 8.97. The van der Waals surface area contributed by atoms with Crippen molar-refractivity contribution >= 4 is 23.4 Å². The zero-order valence-corrected chi connectivity index (χ0v) is 19.9. The number of carbonyl (C=O) groups excluding carboxylic acids is 2. The lowest BCUT2D eigenvalue weighted by molar-refractivity contribution is 0.0142. The van der Waals surface area contributed by atoms with Gasteiger partial charge in [0.2, 0.25) is 5.91 Å². The second kappa shape index (κ2) is 11.2. The highest BCUT2D eigenvalue weighted by molar-refractivity contribution is 5.96. The van der Waals surface area contributed by atoms with E-state index in [1.807, 2.05) is 34.7 Å². The summed E-state index contributed by atoms with van der Waals surface area (Å²) < 4.78 is 11.4. The van der Waals surface area contributed by atoms with Crippen LogP contribution < -0.4 is 26.8 Å². The number of piperazine rings is 1. The van der Waals surface area contributed by atoms with Crippen molar-refractivity contribution in [2.75, 3.05) is 57.4 Å². The van der Waals surface area contributed by atoms with Crippen LogP contribution in [0.25, 0.3) is 0 Å². The van der Waals surface area contributed by atoms with Gasteiger partial charge in [-0.05, 0) is 53.3 Å². The molecule has 1 fully saturated rings. The number of nitrogens with zero attached hydrogens (tertiary/aromatic N) is 2. The molecule has 6 N–H and O–H groups in total. The minimum Gasteiger partial charge on any atom is -0.491 e. The first-order valence-electron chi connectivity index (χ1n) is 11.0. The number of nitrogens with one attached hydrogen (secondary N) is 2. The van der Waals surface area contributed by atoms with Crippen molar-refractivity contribution in [1.82, 2.24) is 15.1 Å². The van der Waals surface area contributed by atoms with Gasteiger partial charge in [0.25, 0.3) is 0 Å². The number of nitrogen functional groups attached to an aromatic ring is 1. The minimum absolute atomic E-state index is 0.0413. The molecule has 1 aliphatic rings. The van der Waals surface area contributed by atoms with Gasteiger partial charge in [0, 0.05) is 38.3 Å². The van der Waals surface area contributed by atoms with E-state index in [2.05, 4.69) is 15.5 Å². The van der Waals surface area contributed by atoms with Crippen LogP contribution in [0.4, 0.5) is 16.2 Å². The lowest BCUT2D eigenvalue weighted by Crippen LogP contribution is -2.50. The van der Waals surface area contributed by atoms with Crippen LogP contribution in [0.2, 0.25) is 0 Å². The Kier molecular flexibility index (Phi) is 8.97. The first kappa shape index (κ1) is 25.5. The Morgan fingerprint density at radius 1 is 1.19 bits per heavy atom. The molecule has 1 unspecified atom stereocenters. The molecule has 2 rings (SSSR count). The first-order valence-corrected chi connectivity index (χ1v) is 11.0. The third-order valence-electron chi connectivity index (χ3n) is 5.11. The average molecular weight is 451 g/mol. The normalized spacial score (nSPS) is 15.8. The Labute approximate surface area is 190 Å². The van der Waals surface area contributed by atoms with E-state index in [0.29, 0.717) is 42.4 Å². The summed E-state index contributed by atoms with van der Waals surface area (Å²) in [4.78, 5) is 27.8. The summed E-state index contributed by atoms with van der Waals surface area (Å²) in [6, 6.07) is 3.16.